The predicted octanol–water partition coefficient (Wildman–Crippen LogP) is 1.98. The average molecular weight is 279 g/mol. The van der Waals surface area contributed by atoms with Crippen molar-refractivity contribution in [2.75, 3.05) is 33.6 Å². The zero-order valence-electron chi connectivity index (χ0n) is 11.8. The maximum atomic E-state index is 10.1. The highest BCUT2D eigenvalue weighted by Gasteiger charge is 2.22. The number of hydrogen-bond acceptors (Lipinski definition) is 5. The number of rotatable bonds is 4. The normalized spacial score (nSPS) is 19.4. The molecule has 0 radical (unpaired) electrons. The summed E-state index contributed by atoms with van der Waals surface area (Å²) in [7, 11) is 1.76. The Labute approximate surface area is 119 Å². The van der Waals surface area contributed by atoms with Gasteiger partial charge in [-0.1, -0.05) is 0 Å². The molecule has 0 aliphatic carbocycles. The number of aromatic hydroxyl groups is 1. The van der Waals surface area contributed by atoms with Crippen molar-refractivity contribution in [3.63, 3.8) is 0 Å². The Morgan fingerprint density at radius 2 is 1.95 bits per heavy atom. The number of likely N-dealkylation sites (tertiary alicyclic amines) is 1. The standard InChI is InChI=1S/C15H21NO4/c1-18-9-11-2-4-16(5-3-11)8-12-6-14-15(7-13(12)17)20-10-19-14/h6-7,11,17H,2-5,8-10H2,1H3. The molecule has 5 heteroatoms. The van der Waals surface area contributed by atoms with Gasteiger partial charge < -0.3 is 19.3 Å². The summed E-state index contributed by atoms with van der Waals surface area (Å²) in [6.07, 6.45) is 2.30. The van der Waals surface area contributed by atoms with Crippen molar-refractivity contribution in [1.29, 1.82) is 0 Å². The van der Waals surface area contributed by atoms with Crippen LogP contribution in [0.4, 0.5) is 0 Å². The van der Waals surface area contributed by atoms with Crippen LogP contribution in [0.3, 0.4) is 0 Å². The van der Waals surface area contributed by atoms with Gasteiger partial charge in [0, 0.05) is 31.9 Å². The van der Waals surface area contributed by atoms with Gasteiger partial charge in [-0.25, -0.2) is 0 Å². The van der Waals surface area contributed by atoms with Gasteiger partial charge in [0.1, 0.15) is 5.75 Å². The molecule has 2 aliphatic rings. The van der Waals surface area contributed by atoms with E-state index in [4.69, 9.17) is 14.2 Å². The van der Waals surface area contributed by atoms with Crippen molar-refractivity contribution in [2.45, 2.75) is 19.4 Å². The number of methoxy groups -OCH3 is 1. The summed E-state index contributed by atoms with van der Waals surface area (Å²) in [4.78, 5) is 2.36. The first-order chi connectivity index (χ1) is 9.76. The Balaban J connectivity index is 1.61. The number of fused-ring (bicyclic) bond motifs is 1. The molecule has 0 spiro atoms. The van der Waals surface area contributed by atoms with Crippen LogP contribution in [0.15, 0.2) is 12.1 Å². The van der Waals surface area contributed by atoms with Gasteiger partial charge in [0.25, 0.3) is 0 Å². The minimum atomic E-state index is 0.237. The van der Waals surface area contributed by atoms with E-state index < -0.39 is 0 Å². The summed E-state index contributed by atoms with van der Waals surface area (Å²) in [5.41, 5.74) is 0.902. The van der Waals surface area contributed by atoms with Crippen molar-refractivity contribution in [3.8, 4) is 17.2 Å². The predicted molar refractivity (Wildman–Crippen MR) is 74.1 cm³/mol. The molecule has 0 aromatic heterocycles. The van der Waals surface area contributed by atoms with E-state index in [0.717, 1.165) is 50.4 Å². The molecule has 0 bridgehead atoms. The average Bonchev–Trinajstić information content (AvgIpc) is 2.89. The molecule has 0 saturated carbocycles. The number of benzene rings is 1. The van der Waals surface area contributed by atoms with E-state index >= 15 is 0 Å². The first-order valence-electron chi connectivity index (χ1n) is 7.09. The second-order valence-corrected chi connectivity index (χ2v) is 5.51. The third-order valence-corrected chi connectivity index (χ3v) is 4.08. The van der Waals surface area contributed by atoms with E-state index in [1.54, 1.807) is 13.2 Å². The Kier molecular flexibility index (Phi) is 3.98. The third-order valence-electron chi connectivity index (χ3n) is 4.08. The molecule has 1 aromatic carbocycles. The molecule has 0 unspecified atom stereocenters. The first kappa shape index (κ1) is 13.5. The molecule has 0 atom stereocenters. The molecule has 1 aromatic rings. The molecule has 2 aliphatic heterocycles. The van der Waals surface area contributed by atoms with Crippen LogP contribution < -0.4 is 9.47 Å². The summed E-state index contributed by atoms with van der Waals surface area (Å²) in [5.74, 6) is 2.31. The van der Waals surface area contributed by atoms with Gasteiger partial charge in [-0.2, -0.15) is 0 Å². The van der Waals surface area contributed by atoms with Crippen LogP contribution in [0.5, 0.6) is 17.2 Å². The summed E-state index contributed by atoms with van der Waals surface area (Å²) in [6, 6.07) is 3.54. The largest absolute Gasteiger partial charge is 0.507 e. The van der Waals surface area contributed by atoms with E-state index in [0.29, 0.717) is 11.7 Å². The number of hydrogen-bond donors (Lipinski definition) is 1. The van der Waals surface area contributed by atoms with Crippen LogP contribution in [0.25, 0.3) is 0 Å². The third kappa shape index (κ3) is 2.83. The fraction of sp³-hybridized carbons (Fsp3) is 0.600. The molecule has 1 N–H and O–H groups in total. The van der Waals surface area contributed by atoms with Crippen LogP contribution in [0, 0.1) is 5.92 Å². The Morgan fingerprint density at radius 1 is 1.25 bits per heavy atom. The van der Waals surface area contributed by atoms with Crippen molar-refractivity contribution in [2.24, 2.45) is 5.92 Å². The molecule has 20 heavy (non-hydrogen) atoms. The molecular weight excluding hydrogens is 258 g/mol. The molecule has 5 nitrogen and oxygen atoms in total. The number of ether oxygens (including phenoxy) is 3. The van der Waals surface area contributed by atoms with Crippen LogP contribution >= 0.6 is 0 Å². The van der Waals surface area contributed by atoms with E-state index in [-0.39, 0.29) is 12.5 Å². The highest BCUT2D eigenvalue weighted by molar-refractivity contribution is 5.51. The van der Waals surface area contributed by atoms with Gasteiger partial charge in [-0.05, 0) is 37.9 Å². The lowest BCUT2D eigenvalue weighted by molar-refractivity contribution is 0.0965. The van der Waals surface area contributed by atoms with Crippen molar-refractivity contribution >= 4 is 0 Å². The van der Waals surface area contributed by atoms with Crippen LogP contribution in [0.2, 0.25) is 0 Å². The SMILES string of the molecule is COCC1CCN(Cc2cc3c(cc2O)OCO3)CC1. The minimum absolute atomic E-state index is 0.237. The Morgan fingerprint density at radius 3 is 2.65 bits per heavy atom. The monoisotopic (exact) mass is 279 g/mol. The fourth-order valence-corrected chi connectivity index (χ4v) is 2.89. The summed E-state index contributed by atoms with van der Waals surface area (Å²) < 4.78 is 15.8. The van der Waals surface area contributed by atoms with Crippen LogP contribution in [0.1, 0.15) is 18.4 Å². The zero-order valence-corrected chi connectivity index (χ0v) is 11.8. The smallest absolute Gasteiger partial charge is 0.231 e. The van der Waals surface area contributed by atoms with Gasteiger partial charge in [0.15, 0.2) is 11.5 Å². The molecule has 0 amide bonds. The molecule has 1 saturated heterocycles. The maximum absolute atomic E-state index is 10.1. The lowest BCUT2D eigenvalue weighted by atomic mass is 9.97. The minimum Gasteiger partial charge on any atom is -0.507 e. The lowest BCUT2D eigenvalue weighted by Crippen LogP contribution is -2.34. The molecule has 2 heterocycles. The van der Waals surface area contributed by atoms with E-state index in [2.05, 4.69) is 4.90 Å². The highest BCUT2D eigenvalue weighted by Crippen LogP contribution is 2.38. The number of phenolic OH excluding ortho intramolecular Hbond substituents is 1. The lowest BCUT2D eigenvalue weighted by Gasteiger charge is -2.31. The van der Waals surface area contributed by atoms with Crippen LogP contribution in [-0.4, -0.2) is 43.6 Å². The van der Waals surface area contributed by atoms with Gasteiger partial charge in [-0.15, -0.1) is 0 Å². The molecule has 1 fully saturated rings. The molecule has 3 rings (SSSR count). The van der Waals surface area contributed by atoms with Crippen molar-refractivity contribution in [1.82, 2.24) is 4.90 Å². The second kappa shape index (κ2) is 5.89. The molecule has 110 valence electrons. The Hall–Kier alpha value is -1.46. The van der Waals surface area contributed by atoms with Crippen LogP contribution in [-0.2, 0) is 11.3 Å². The number of piperidine rings is 1. The summed E-state index contributed by atoms with van der Waals surface area (Å²) in [6.45, 7) is 3.93. The summed E-state index contributed by atoms with van der Waals surface area (Å²) in [5, 5.41) is 10.1. The van der Waals surface area contributed by atoms with Gasteiger partial charge in [-0.3, -0.25) is 4.90 Å². The number of phenols is 1. The maximum Gasteiger partial charge on any atom is 0.231 e. The topological polar surface area (TPSA) is 51.2 Å². The number of nitrogens with zero attached hydrogens (tertiary/aromatic N) is 1. The zero-order chi connectivity index (χ0) is 13.9. The summed E-state index contributed by atoms with van der Waals surface area (Å²) >= 11 is 0. The molecular formula is C15H21NO4. The Bertz CT molecular complexity index is 469. The fourth-order valence-electron chi connectivity index (χ4n) is 2.89. The van der Waals surface area contributed by atoms with Crippen molar-refractivity contribution in [3.05, 3.63) is 17.7 Å². The van der Waals surface area contributed by atoms with Gasteiger partial charge in [0.2, 0.25) is 6.79 Å². The van der Waals surface area contributed by atoms with E-state index in [1.165, 1.54) is 0 Å². The van der Waals surface area contributed by atoms with Gasteiger partial charge >= 0.3 is 0 Å². The second-order valence-electron chi connectivity index (χ2n) is 5.51. The highest BCUT2D eigenvalue weighted by atomic mass is 16.7. The van der Waals surface area contributed by atoms with Crippen molar-refractivity contribution < 1.29 is 19.3 Å². The first-order valence-corrected chi connectivity index (χ1v) is 7.09. The van der Waals surface area contributed by atoms with E-state index in [1.807, 2.05) is 6.07 Å². The van der Waals surface area contributed by atoms with Gasteiger partial charge in [0.05, 0.1) is 0 Å². The quantitative estimate of drug-likeness (QED) is 0.913. The van der Waals surface area contributed by atoms with E-state index in [9.17, 15) is 5.11 Å².